The Labute approximate surface area is 162 Å². The summed E-state index contributed by atoms with van der Waals surface area (Å²) in [6.07, 6.45) is 1.02. The van der Waals surface area contributed by atoms with Crippen LogP contribution in [0.25, 0.3) is 0 Å². The van der Waals surface area contributed by atoms with E-state index in [9.17, 15) is 14.4 Å². The lowest BCUT2D eigenvalue weighted by Gasteiger charge is -2.33. The zero-order valence-corrected chi connectivity index (χ0v) is 17.6. The van der Waals surface area contributed by atoms with Crippen LogP contribution >= 0.6 is 15.9 Å². The Hall–Kier alpha value is -1.70. The van der Waals surface area contributed by atoms with Crippen molar-refractivity contribution in [3.63, 3.8) is 0 Å². The molecule has 1 aromatic rings. The highest BCUT2D eigenvalue weighted by Gasteiger charge is 2.30. The number of ketones is 2. The van der Waals surface area contributed by atoms with E-state index in [-0.39, 0.29) is 30.1 Å². The van der Waals surface area contributed by atoms with Crippen molar-refractivity contribution in [1.29, 1.82) is 0 Å². The van der Waals surface area contributed by atoms with E-state index in [1.165, 1.54) is 6.92 Å². The van der Waals surface area contributed by atoms with E-state index in [0.29, 0.717) is 23.3 Å². The molecule has 2 rings (SSSR count). The number of hydrogen-bond donors (Lipinski definition) is 0. The fourth-order valence-electron chi connectivity index (χ4n) is 2.96. The van der Waals surface area contributed by atoms with Crippen LogP contribution in [0.1, 0.15) is 69.2 Å². The van der Waals surface area contributed by atoms with E-state index >= 15 is 0 Å². The average molecular weight is 428 g/mol. The summed E-state index contributed by atoms with van der Waals surface area (Å²) < 4.78 is 7.89. The summed E-state index contributed by atoms with van der Waals surface area (Å²) in [6, 6.07) is 0.101. The van der Waals surface area contributed by atoms with Crippen molar-refractivity contribution in [3.05, 3.63) is 15.9 Å². The fourth-order valence-corrected chi connectivity index (χ4v) is 3.44. The Kier molecular flexibility index (Phi) is 6.26. The van der Waals surface area contributed by atoms with Crippen LogP contribution in [0.15, 0.2) is 4.47 Å². The first-order valence-corrected chi connectivity index (χ1v) is 9.54. The molecule has 144 valence electrons. The maximum Gasteiger partial charge on any atom is 0.410 e. The smallest absolute Gasteiger partial charge is 0.410 e. The second-order valence-electron chi connectivity index (χ2n) is 7.69. The first-order chi connectivity index (χ1) is 12.0. The zero-order chi connectivity index (χ0) is 19.6. The molecule has 0 spiro atoms. The third kappa shape index (κ3) is 4.93. The van der Waals surface area contributed by atoms with Crippen LogP contribution in [0.4, 0.5) is 4.79 Å². The summed E-state index contributed by atoms with van der Waals surface area (Å²) in [6.45, 7) is 9.98. The van der Waals surface area contributed by atoms with Gasteiger partial charge in [0.1, 0.15) is 17.1 Å². The molecular weight excluding hydrogens is 402 g/mol. The second kappa shape index (κ2) is 7.90. The van der Waals surface area contributed by atoms with Crippen molar-refractivity contribution in [2.45, 2.75) is 65.5 Å². The van der Waals surface area contributed by atoms with Gasteiger partial charge >= 0.3 is 6.09 Å². The van der Waals surface area contributed by atoms with Crippen molar-refractivity contribution in [1.82, 2.24) is 14.7 Å². The summed E-state index contributed by atoms with van der Waals surface area (Å²) in [4.78, 5) is 37.3. The molecule has 0 unspecified atom stereocenters. The van der Waals surface area contributed by atoms with Crippen LogP contribution in [-0.2, 0) is 9.53 Å². The predicted molar refractivity (Wildman–Crippen MR) is 100 cm³/mol. The Morgan fingerprint density at radius 3 is 2.31 bits per heavy atom. The average Bonchev–Trinajstić information content (AvgIpc) is 2.81. The van der Waals surface area contributed by atoms with Gasteiger partial charge in [0, 0.05) is 13.1 Å². The first kappa shape index (κ1) is 20.6. The first-order valence-electron chi connectivity index (χ1n) is 8.74. The molecular formula is C18H26BrN3O4. The lowest BCUT2D eigenvalue weighted by molar-refractivity contribution is -0.116. The molecule has 0 saturated carbocycles. The van der Waals surface area contributed by atoms with Crippen LogP contribution in [-0.4, -0.2) is 51.0 Å². The highest BCUT2D eigenvalue weighted by Crippen LogP contribution is 2.30. The number of Topliss-reactive ketones (excluding diaryl/α,β-unsaturated/α-hetero) is 2. The molecule has 0 aromatic carbocycles. The fraction of sp³-hybridized carbons (Fsp3) is 0.667. The number of hydrogen-bond acceptors (Lipinski definition) is 5. The summed E-state index contributed by atoms with van der Waals surface area (Å²) in [5.74, 6) is -0.461. The SMILES string of the molecule is CC(=O)CC(=O)c1nn(C2CCN(C(=O)OC(C)(C)C)CC2)c(C)c1Br. The van der Waals surface area contributed by atoms with Crippen LogP contribution in [0.3, 0.4) is 0 Å². The quantitative estimate of drug-likeness (QED) is 0.540. The summed E-state index contributed by atoms with van der Waals surface area (Å²) in [7, 11) is 0. The van der Waals surface area contributed by atoms with Gasteiger partial charge in [-0.15, -0.1) is 0 Å². The number of likely N-dealkylation sites (tertiary alicyclic amines) is 1. The largest absolute Gasteiger partial charge is 0.444 e. The summed E-state index contributed by atoms with van der Waals surface area (Å²) in [5.41, 5.74) is 0.642. The standard InChI is InChI=1S/C18H26BrN3O4/c1-11(23)10-14(24)16-15(19)12(2)22(20-16)13-6-8-21(9-7-13)17(25)26-18(3,4)5/h13H,6-10H2,1-5H3. The van der Waals surface area contributed by atoms with E-state index < -0.39 is 5.60 Å². The number of halogens is 1. The molecule has 1 saturated heterocycles. The van der Waals surface area contributed by atoms with Crippen LogP contribution in [0, 0.1) is 6.92 Å². The van der Waals surface area contributed by atoms with E-state index in [0.717, 1.165) is 18.5 Å². The van der Waals surface area contributed by atoms with Gasteiger partial charge < -0.3 is 9.64 Å². The second-order valence-corrected chi connectivity index (χ2v) is 8.49. The lowest BCUT2D eigenvalue weighted by atomic mass is 10.1. The minimum atomic E-state index is -0.511. The molecule has 8 heteroatoms. The highest BCUT2D eigenvalue weighted by molar-refractivity contribution is 9.10. The van der Waals surface area contributed by atoms with Gasteiger partial charge in [-0.25, -0.2) is 4.79 Å². The number of carbonyl (C=O) groups excluding carboxylic acids is 3. The number of rotatable bonds is 4. The van der Waals surface area contributed by atoms with E-state index in [1.807, 2.05) is 32.4 Å². The molecule has 7 nitrogen and oxygen atoms in total. The van der Waals surface area contributed by atoms with Crippen LogP contribution in [0.2, 0.25) is 0 Å². The molecule has 26 heavy (non-hydrogen) atoms. The number of carbonyl (C=O) groups is 3. The molecule has 1 aliphatic heterocycles. The van der Waals surface area contributed by atoms with Crippen LogP contribution < -0.4 is 0 Å². The van der Waals surface area contributed by atoms with Crippen molar-refractivity contribution < 1.29 is 19.1 Å². The number of ether oxygens (including phenoxy) is 1. The summed E-state index contributed by atoms with van der Waals surface area (Å²) >= 11 is 3.43. The highest BCUT2D eigenvalue weighted by atomic mass is 79.9. The Bertz CT molecular complexity index is 713. The molecule has 0 atom stereocenters. The normalized spacial score (nSPS) is 15.8. The molecule has 2 heterocycles. The Balaban J connectivity index is 2.07. The molecule has 1 fully saturated rings. The maximum absolute atomic E-state index is 12.2. The van der Waals surface area contributed by atoms with Crippen molar-refractivity contribution >= 4 is 33.6 Å². The van der Waals surface area contributed by atoms with E-state index in [4.69, 9.17) is 4.74 Å². The van der Waals surface area contributed by atoms with Gasteiger partial charge in [0.2, 0.25) is 0 Å². The van der Waals surface area contributed by atoms with Gasteiger partial charge in [-0.2, -0.15) is 5.10 Å². The third-order valence-electron chi connectivity index (χ3n) is 4.21. The lowest BCUT2D eigenvalue weighted by Crippen LogP contribution is -2.42. The molecule has 0 radical (unpaired) electrons. The van der Waals surface area contributed by atoms with Gasteiger partial charge in [0.15, 0.2) is 5.78 Å². The van der Waals surface area contributed by atoms with Crippen molar-refractivity contribution in [2.24, 2.45) is 0 Å². The molecule has 0 aliphatic carbocycles. The minimum Gasteiger partial charge on any atom is -0.444 e. The van der Waals surface area contributed by atoms with Gasteiger partial charge in [0.25, 0.3) is 0 Å². The number of amides is 1. The molecule has 0 N–H and O–H groups in total. The van der Waals surface area contributed by atoms with Crippen molar-refractivity contribution in [3.8, 4) is 0 Å². The molecule has 0 bridgehead atoms. The molecule has 1 aliphatic rings. The summed E-state index contributed by atoms with van der Waals surface area (Å²) in [5, 5.41) is 4.45. The zero-order valence-electron chi connectivity index (χ0n) is 16.0. The monoisotopic (exact) mass is 427 g/mol. The maximum atomic E-state index is 12.2. The topological polar surface area (TPSA) is 81.5 Å². The number of nitrogens with zero attached hydrogens (tertiary/aromatic N) is 3. The van der Waals surface area contributed by atoms with Crippen molar-refractivity contribution in [2.75, 3.05) is 13.1 Å². The molecule has 1 aromatic heterocycles. The van der Waals surface area contributed by atoms with Gasteiger partial charge in [0.05, 0.1) is 22.6 Å². The minimum absolute atomic E-state index is 0.101. The van der Waals surface area contributed by atoms with Crippen LogP contribution in [0.5, 0.6) is 0 Å². The van der Waals surface area contributed by atoms with Gasteiger partial charge in [-0.05, 0) is 63.4 Å². The Morgan fingerprint density at radius 2 is 1.81 bits per heavy atom. The van der Waals surface area contributed by atoms with E-state index in [2.05, 4.69) is 21.0 Å². The molecule has 1 amide bonds. The third-order valence-corrected chi connectivity index (χ3v) is 5.16. The van der Waals surface area contributed by atoms with Gasteiger partial charge in [-0.1, -0.05) is 0 Å². The Morgan fingerprint density at radius 1 is 1.23 bits per heavy atom. The predicted octanol–water partition coefficient (Wildman–Crippen LogP) is 3.69. The van der Waals surface area contributed by atoms with Gasteiger partial charge in [-0.3, -0.25) is 14.3 Å². The number of aromatic nitrogens is 2. The van der Waals surface area contributed by atoms with E-state index in [1.54, 1.807) is 4.90 Å². The number of piperidine rings is 1.